The van der Waals surface area contributed by atoms with E-state index >= 15 is 0 Å². The monoisotopic (exact) mass is 539 g/mol. The third-order valence-corrected chi connectivity index (χ3v) is 4.28. The Kier molecular flexibility index (Phi) is 11.8. The first-order valence-electron chi connectivity index (χ1n) is 10.2. The maximum Gasteiger partial charge on any atom is 0.319 e. The van der Waals surface area contributed by atoms with E-state index in [2.05, 4.69) is 38.4 Å². The van der Waals surface area contributed by atoms with Gasteiger partial charge in [0.2, 0.25) is 0 Å². The zero-order valence-electron chi connectivity index (χ0n) is 18.9. The number of nitrogens with zero attached hydrogens (tertiary/aromatic N) is 1. The molecule has 170 valence electrons. The Bertz CT molecular complexity index is 854. The summed E-state index contributed by atoms with van der Waals surface area (Å²) < 4.78 is 5.47. The number of aryl methyl sites for hydroxylation is 1. The van der Waals surface area contributed by atoms with Crippen molar-refractivity contribution >= 4 is 41.7 Å². The number of aliphatic imine (C=N–C) groups is 1. The smallest absolute Gasteiger partial charge is 0.319 e. The number of carbonyl (C=O) groups excluding carboxylic acids is 1. The number of hydrogen-bond acceptors (Lipinski definition) is 3. The molecule has 0 saturated carbocycles. The molecule has 0 aliphatic heterocycles. The summed E-state index contributed by atoms with van der Waals surface area (Å²) in [4.78, 5) is 16.4. The van der Waals surface area contributed by atoms with Gasteiger partial charge in [-0.05, 0) is 57.0 Å². The van der Waals surface area contributed by atoms with E-state index in [9.17, 15) is 4.79 Å². The van der Waals surface area contributed by atoms with Gasteiger partial charge in [-0.3, -0.25) is 0 Å². The van der Waals surface area contributed by atoms with E-state index in [1.54, 1.807) is 7.11 Å². The second-order valence-corrected chi connectivity index (χ2v) is 7.31. The van der Waals surface area contributed by atoms with E-state index in [0.717, 1.165) is 40.6 Å². The molecule has 0 aromatic heterocycles. The highest BCUT2D eigenvalue weighted by molar-refractivity contribution is 14.0. The molecule has 31 heavy (non-hydrogen) atoms. The molecule has 0 heterocycles. The fraction of sp³-hybridized carbons (Fsp3) is 0.391. The second kappa shape index (κ2) is 13.7. The zero-order chi connectivity index (χ0) is 21.9. The molecular weight excluding hydrogens is 505 g/mol. The van der Waals surface area contributed by atoms with Crippen LogP contribution in [0.15, 0.2) is 47.5 Å². The third-order valence-electron chi connectivity index (χ3n) is 4.28. The van der Waals surface area contributed by atoms with Gasteiger partial charge in [-0.15, -0.1) is 24.0 Å². The number of nitrogens with one attached hydrogen (secondary N) is 4. The van der Waals surface area contributed by atoms with Gasteiger partial charge in [0, 0.05) is 30.4 Å². The molecule has 0 atom stereocenters. The van der Waals surface area contributed by atoms with E-state index < -0.39 is 0 Å². The molecule has 2 rings (SSSR count). The number of halogens is 1. The Morgan fingerprint density at radius 3 is 2.42 bits per heavy atom. The van der Waals surface area contributed by atoms with Crippen LogP contribution in [0.2, 0.25) is 0 Å². The fourth-order valence-corrected chi connectivity index (χ4v) is 2.81. The largest absolute Gasteiger partial charge is 0.496 e. The molecule has 7 nitrogen and oxygen atoms in total. The van der Waals surface area contributed by atoms with Gasteiger partial charge in [-0.1, -0.05) is 24.3 Å². The average molecular weight is 539 g/mol. The first kappa shape index (κ1) is 26.5. The summed E-state index contributed by atoms with van der Waals surface area (Å²) in [5.74, 6) is 1.60. The molecule has 2 aromatic carbocycles. The predicted octanol–water partition coefficient (Wildman–Crippen LogP) is 4.41. The van der Waals surface area contributed by atoms with Gasteiger partial charge >= 0.3 is 6.03 Å². The van der Waals surface area contributed by atoms with Crippen LogP contribution in [0.5, 0.6) is 5.75 Å². The number of hydrogen-bond donors (Lipinski definition) is 4. The lowest BCUT2D eigenvalue weighted by molar-refractivity contribution is 0.250. The van der Waals surface area contributed by atoms with E-state index in [1.807, 2.05) is 58.0 Å². The molecule has 8 heteroatoms. The predicted molar refractivity (Wildman–Crippen MR) is 139 cm³/mol. The van der Waals surface area contributed by atoms with Crippen molar-refractivity contribution in [1.82, 2.24) is 16.0 Å². The summed E-state index contributed by atoms with van der Waals surface area (Å²) in [5.41, 5.74) is 4.03. The van der Waals surface area contributed by atoms with Crippen LogP contribution in [-0.4, -0.2) is 31.7 Å². The van der Waals surface area contributed by atoms with E-state index in [0.29, 0.717) is 13.1 Å². The van der Waals surface area contributed by atoms with E-state index in [1.165, 1.54) is 0 Å². The summed E-state index contributed by atoms with van der Waals surface area (Å²) in [6, 6.07) is 13.7. The highest BCUT2D eigenvalue weighted by atomic mass is 127. The quantitative estimate of drug-likeness (QED) is 0.228. The van der Waals surface area contributed by atoms with Crippen LogP contribution in [0.3, 0.4) is 0 Å². The molecular formula is C23H34IN5O2. The minimum absolute atomic E-state index is 0. The normalized spacial score (nSPS) is 10.8. The Labute approximate surface area is 202 Å². The van der Waals surface area contributed by atoms with Crippen molar-refractivity contribution < 1.29 is 9.53 Å². The molecule has 2 amide bonds. The lowest BCUT2D eigenvalue weighted by Crippen LogP contribution is -2.36. The SMILES string of the molecule is CCNC(=NCc1ccc(NC(=O)NC(C)C)cc1)NCc1ccc(C)cc1OC.I. The van der Waals surface area contributed by atoms with Crippen molar-refractivity contribution in [3.05, 3.63) is 59.2 Å². The number of carbonyl (C=O) groups is 1. The Hall–Kier alpha value is -2.49. The van der Waals surface area contributed by atoms with Gasteiger partial charge < -0.3 is 26.0 Å². The summed E-state index contributed by atoms with van der Waals surface area (Å²) in [6.07, 6.45) is 0. The Morgan fingerprint density at radius 1 is 1.10 bits per heavy atom. The summed E-state index contributed by atoms with van der Waals surface area (Å²) in [5, 5.41) is 12.2. The van der Waals surface area contributed by atoms with Crippen molar-refractivity contribution in [2.24, 2.45) is 4.99 Å². The highest BCUT2D eigenvalue weighted by Crippen LogP contribution is 2.19. The lowest BCUT2D eigenvalue weighted by Gasteiger charge is -2.14. The number of amides is 2. The lowest BCUT2D eigenvalue weighted by atomic mass is 10.1. The number of guanidine groups is 1. The van der Waals surface area contributed by atoms with Gasteiger partial charge in [-0.25, -0.2) is 9.79 Å². The van der Waals surface area contributed by atoms with Crippen LogP contribution in [0.1, 0.15) is 37.5 Å². The summed E-state index contributed by atoms with van der Waals surface area (Å²) in [6.45, 7) is 9.83. The highest BCUT2D eigenvalue weighted by Gasteiger charge is 2.06. The van der Waals surface area contributed by atoms with Crippen LogP contribution in [0.25, 0.3) is 0 Å². The second-order valence-electron chi connectivity index (χ2n) is 7.31. The van der Waals surface area contributed by atoms with Gasteiger partial charge in [0.15, 0.2) is 5.96 Å². The molecule has 0 spiro atoms. The topological polar surface area (TPSA) is 86.8 Å². The van der Waals surface area contributed by atoms with Crippen LogP contribution >= 0.6 is 24.0 Å². The Morgan fingerprint density at radius 2 is 1.81 bits per heavy atom. The maximum atomic E-state index is 11.8. The van der Waals surface area contributed by atoms with Crippen molar-refractivity contribution in [2.45, 2.75) is 46.8 Å². The zero-order valence-corrected chi connectivity index (χ0v) is 21.2. The van der Waals surface area contributed by atoms with Gasteiger partial charge in [0.25, 0.3) is 0 Å². The van der Waals surface area contributed by atoms with Crippen LogP contribution in [0.4, 0.5) is 10.5 Å². The van der Waals surface area contributed by atoms with Crippen molar-refractivity contribution in [2.75, 3.05) is 19.0 Å². The fourth-order valence-electron chi connectivity index (χ4n) is 2.81. The summed E-state index contributed by atoms with van der Waals surface area (Å²) >= 11 is 0. The molecule has 0 radical (unpaired) electrons. The minimum Gasteiger partial charge on any atom is -0.496 e. The van der Waals surface area contributed by atoms with Crippen molar-refractivity contribution in [3.8, 4) is 5.75 Å². The first-order valence-corrected chi connectivity index (χ1v) is 10.2. The van der Waals surface area contributed by atoms with Gasteiger partial charge in [0.05, 0.1) is 13.7 Å². The molecule has 0 bridgehead atoms. The Balaban J connectivity index is 0.00000480. The van der Waals surface area contributed by atoms with Gasteiger partial charge in [-0.2, -0.15) is 0 Å². The van der Waals surface area contributed by atoms with E-state index in [-0.39, 0.29) is 36.0 Å². The van der Waals surface area contributed by atoms with Crippen LogP contribution < -0.4 is 26.0 Å². The molecule has 0 saturated heterocycles. The molecule has 4 N–H and O–H groups in total. The number of anilines is 1. The molecule has 2 aromatic rings. The van der Waals surface area contributed by atoms with Gasteiger partial charge in [0.1, 0.15) is 5.75 Å². The number of rotatable bonds is 8. The number of benzene rings is 2. The van der Waals surface area contributed by atoms with Crippen LogP contribution in [0, 0.1) is 6.92 Å². The minimum atomic E-state index is -0.207. The first-order chi connectivity index (χ1) is 14.4. The molecule has 0 aliphatic carbocycles. The summed E-state index contributed by atoms with van der Waals surface area (Å²) in [7, 11) is 1.68. The molecule has 0 aliphatic rings. The number of methoxy groups -OCH3 is 1. The average Bonchev–Trinajstić information content (AvgIpc) is 2.71. The maximum absolute atomic E-state index is 11.8. The van der Waals surface area contributed by atoms with Crippen molar-refractivity contribution in [1.29, 1.82) is 0 Å². The number of urea groups is 1. The van der Waals surface area contributed by atoms with Crippen LogP contribution in [-0.2, 0) is 13.1 Å². The molecule has 0 unspecified atom stereocenters. The third kappa shape index (κ3) is 9.46. The van der Waals surface area contributed by atoms with E-state index in [4.69, 9.17) is 4.74 Å². The number of ether oxygens (including phenoxy) is 1. The molecule has 0 fully saturated rings. The van der Waals surface area contributed by atoms with Crippen molar-refractivity contribution in [3.63, 3.8) is 0 Å². The standard InChI is InChI=1S/C23H33N5O2.HI/c1-6-24-22(26-15-19-10-7-17(4)13-21(19)30-5)25-14-18-8-11-20(12-9-18)28-23(29)27-16(2)3;/h7-13,16H,6,14-15H2,1-5H3,(H2,24,25,26)(H2,27,28,29);1H.